The molecule has 42 heavy (non-hydrogen) atoms. The molecular formula is C33H54Cl2N4OSi2. The number of halogens is 2. The Morgan fingerprint density at radius 2 is 1.00 bits per heavy atom. The third kappa shape index (κ3) is 5.83. The zero-order chi connectivity index (χ0) is 31.0. The Kier molecular flexibility index (Phi) is 12.0. The highest BCUT2D eigenvalue weighted by atomic mass is 35.5. The highest BCUT2D eigenvalue weighted by Gasteiger charge is 2.47. The number of aromatic nitrogens is 4. The minimum Gasteiger partial charge on any atom is -0.505 e. The summed E-state index contributed by atoms with van der Waals surface area (Å²) in [7, 11) is -3.59. The van der Waals surface area contributed by atoms with Crippen molar-refractivity contribution in [3.05, 3.63) is 53.0 Å². The number of hydrogen-bond donors (Lipinski definition) is 1. The summed E-state index contributed by atoms with van der Waals surface area (Å²) in [6, 6.07) is 5.98. The van der Waals surface area contributed by atoms with Crippen molar-refractivity contribution in [2.45, 2.75) is 124 Å². The number of nitrogens with zero attached hydrogens (tertiary/aromatic N) is 4. The Bertz CT molecular complexity index is 1430. The quantitative estimate of drug-likeness (QED) is 0.193. The highest BCUT2D eigenvalue weighted by molar-refractivity contribution is 6.83. The number of aromatic hydroxyl groups is 1. The van der Waals surface area contributed by atoms with Gasteiger partial charge in [-0.25, -0.2) is 9.97 Å². The normalized spacial score (nSPS) is 12.8. The van der Waals surface area contributed by atoms with Crippen LogP contribution in [0.3, 0.4) is 0 Å². The summed E-state index contributed by atoms with van der Waals surface area (Å²) in [5.74, 6) is 0.0489. The fourth-order valence-electron chi connectivity index (χ4n) is 8.34. The van der Waals surface area contributed by atoms with Crippen LogP contribution < -0.4 is 0 Å². The van der Waals surface area contributed by atoms with E-state index in [9.17, 15) is 5.11 Å². The van der Waals surface area contributed by atoms with Crippen molar-refractivity contribution in [2.24, 2.45) is 0 Å². The molecule has 0 unspecified atom stereocenters. The Morgan fingerprint density at radius 1 is 0.619 bits per heavy atom. The fraction of sp³-hybridized carbons (Fsp3) is 0.576. The van der Waals surface area contributed by atoms with Gasteiger partial charge in [0.2, 0.25) is 0 Å². The first kappa shape index (κ1) is 36.4. The Labute approximate surface area is 266 Å². The summed E-state index contributed by atoms with van der Waals surface area (Å²) in [4.78, 5) is 9.11. The summed E-state index contributed by atoms with van der Waals surface area (Å²) in [6.45, 7) is 28.1. The Balaban J connectivity index is 0.000000287. The van der Waals surface area contributed by atoms with Crippen molar-refractivity contribution in [1.82, 2.24) is 18.4 Å². The highest BCUT2D eigenvalue weighted by Crippen LogP contribution is 2.46. The van der Waals surface area contributed by atoms with Gasteiger partial charge in [-0.2, -0.15) is 0 Å². The van der Waals surface area contributed by atoms with Crippen LogP contribution in [-0.2, 0) is 0 Å². The van der Waals surface area contributed by atoms with Crippen LogP contribution in [0, 0.1) is 0 Å². The van der Waals surface area contributed by atoms with Crippen LogP contribution in [0.1, 0.15) is 90.5 Å². The van der Waals surface area contributed by atoms with Gasteiger partial charge in [0.1, 0.15) is 11.3 Å². The molecule has 9 heteroatoms. The van der Waals surface area contributed by atoms with Crippen LogP contribution in [0.5, 0.6) is 5.75 Å². The molecule has 1 N–H and O–H groups in total. The van der Waals surface area contributed by atoms with Crippen LogP contribution in [0.15, 0.2) is 43.0 Å². The van der Waals surface area contributed by atoms with Crippen molar-refractivity contribution in [2.75, 3.05) is 0 Å². The Hall–Kier alpha value is -1.81. The largest absolute Gasteiger partial charge is 0.505 e. The van der Waals surface area contributed by atoms with Gasteiger partial charge in [-0.15, -0.1) is 0 Å². The second kappa shape index (κ2) is 13.9. The smallest absolute Gasteiger partial charge is 0.171 e. The lowest BCUT2D eigenvalue weighted by Gasteiger charge is -2.44. The van der Waals surface area contributed by atoms with Crippen molar-refractivity contribution >= 4 is 61.7 Å². The van der Waals surface area contributed by atoms with Crippen molar-refractivity contribution in [1.29, 1.82) is 0 Å². The third-order valence-electron chi connectivity index (χ3n) is 9.55. The molecule has 0 aromatic carbocycles. The second-order valence-electron chi connectivity index (χ2n) is 13.3. The molecule has 0 aliphatic heterocycles. The summed E-state index contributed by atoms with van der Waals surface area (Å²) in [5.41, 5.74) is 5.67. The van der Waals surface area contributed by atoms with Gasteiger partial charge in [-0.05, 0) is 63.8 Å². The standard InChI is InChI=1S/C16H25ClN2OSi.C16H25ClN2Si.CH4/c1-10(2)21(11(3)4,12(5)6)19-8-7-13-15(17)14(20)9-18-16(13)19;1-11(2)20(12(3)4,13(5)6)19-10-8-14-15(17)7-9-18-16(14)19;/h7-12,20H,1-6H3;7-13H,1-6H3;1H4. The van der Waals surface area contributed by atoms with Gasteiger partial charge in [0.25, 0.3) is 0 Å². The molecule has 0 fully saturated rings. The van der Waals surface area contributed by atoms with Crippen molar-refractivity contribution in [3.8, 4) is 5.75 Å². The minimum atomic E-state index is -1.84. The van der Waals surface area contributed by atoms with E-state index in [0.29, 0.717) is 38.3 Å². The number of fused-ring (bicyclic) bond motifs is 2. The topological polar surface area (TPSA) is 55.9 Å². The average Bonchev–Trinajstić information content (AvgIpc) is 3.48. The van der Waals surface area contributed by atoms with Gasteiger partial charge in [0.05, 0.1) is 16.2 Å². The van der Waals surface area contributed by atoms with E-state index in [1.165, 1.54) is 6.20 Å². The second-order valence-corrected chi connectivity index (χ2v) is 25.5. The molecule has 0 aliphatic rings. The summed E-state index contributed by atoms with van der Waals surface area (Å²) in [6.07, 6.45) is 7.62. The van der Waals surface area contributed by atoms with Crippen LogP contribution >= 0.6 is 23.2 Å². The van der Waals surface area contributed by atoms with E-state index < -0.39 is 16.5 Å². The first-order valence-corrected chi connectivity index (χ1v) is 20.2. The maximum Gasteiger partial charge on any atom is 0.171 e. The first-order chi connectivity index (χ1) is 19.1. The van der Waals surface area contributed by atoms with E-state index in [-0.39, 0.29) is 13.2 Å². The molecular weight excluding hydrogens is 595 g/mol. The van der Waals surface area contributed by atoms with Gasteiger partial charge < -0.3 is 13.6 Å². The van der Waals surface area contributed by atoms with E-state index >= 15 is 0 Å². The lowest BCUT2D eigenvalue weighted by atomic mass is 10.3. The molecule has 234 valence electrons. The maximum absolute atomic E-state index is 9.76. The van der Waals surface area contributed by atoms with E-state index in [2.05, 4.69) is 120 Å². The van der Waals surface area contributed by atoms with Gasteiger partial charge in [0.15, 0.2) is 22.2 Å². The fourth-order valence-corrected chi connectivity index (χ4v) is 21.8. The molecule has 0 radical (unpaired) electrons. The van der Waals surface area contributed by atoms with E-state index in [4.69, 9.17) is 23.2 Å². The SMILES string of the molecule is C.CC(C)[Si](C(C)C)(C(C)C)n1ccc2c(Cl)c(O)cnc21.CC(C)[Si](C(C)C)(C(C)C)n1ccc2c(Cl)ccnc21. The Morgan fingerprint density at radius 3 is 1.40 bits per heavy atom. The maximum atomic E-state index is 9.76. The number of pyridine rings is 2. The lowest BCUT2D eigenvalue weighted by molar-refractivity contribution is 0.474. The van der Waals surface area contributed by atoms with E-state index in [1.807, 2.05) is 18.3 Å². The van der Waals surface area contributed by atoms with Crippen LogP contribution in [0.2, 0.25) is 43.3 Å². The van der Waals surface area contributed by atoms with Crippen LogP contribution in [-0.4, -0.2) is 40.0 Å². The van der Waals surface area contributed by atoms with Gasteiger partial charge in [-0.3, -0.25) is 0 Å². The summed E-state index contributed by atoms with van der Waals surface area (Å²) < 4.78 is 4.89. The summed E-state index contributed by atoms with van der Waals surface area (Å²) >= 11 is 12.6. The molecule has 0 bridgehead atoms. The monoisotopic (exact) mass is 648 g/mol. The number of rotatable bonds is 8. The molecule has 0 saturated carbocycles. The molecule has 4 rings (SSSR count). The van der Waals surface area contributed by atoms with Gasteiger partial charge in [-0.1, -0.05) is 114 Å². The zero-order valence-electron chi connectivity index (χ0n) is 27.0. The van der Waals surface area contributed by atoms with Gasteiger partial charge in [0, 0.05) is 17.0 Å². The molecule has 0 amide bonds. The summed E-state index contributed by atoms with van der Waals surface area (Å²) in [5, 5.41) is 12.9. The molecule has 0 spiro atoms. The molecule has 0 saturated heterocycles. The van der Waals surface area contributed by atoms with Crippen molar-refractivity contribution < 1.29 is 5.11 Å². The molecule has 4 heterocycles. The predicted octanol–water partition coefficient (Wildman–Crippen LogP) is 11.8. The lowest BCUT2D eigenvalue weighted by Crippen LogP contribution is -2.51. The average molecular weight is 650 g/mol. The molecule has 5 nitrogen and oxygen atoms in total. The minimum absolute atomic E-state index is 0. The molecule has 0 aliphatic carbocycles. The van der Waals surface area contributed by atoms with Gasteiger partial charge >= 0.3 is 0 Å². The van der Waals surface area contributed by atoms with E-state index in [0.717, 1.165) is 27.1 Å². The molecule has 4 aromatic rings. The van der Waals surface area contributed by atoms with Crippen molar-refractivity contribution in [3.63, 3.8) is 0 Å². The van der Waals surface area contributed by atoms with Crippen LogP contribution in [0.4, 0.5) is 0 Å². The first-order valence-electron chi connectivity index (χ1n) is 15.0. The molecule has 0 atom stereocenters. The van der Waals surface area contributed by atoms with E-state index in [1.54, 1.807) is 0 Å². The third-order valence-corrected chi connectivity index (χ3v) is 23.8. The van der Waals surface area contributed by atoms with Crippen LogP contribution in [0.25, 0.3) is 22.1 Å². The molecule has 4 aromatic heterocycles. The number of hydrogen-bond acceptors (Lipinski definition) is 3. The predicted molar refractivity (Wildman–Crippen MR) is 191 cm³/mol. The zero-order valence-corrected chi connectivity index (χ0v) is 30.5.